The Morgan fingerprint density at radius 1 is 1.19 bits per heavy atom. The molecule has 2 aromatic carbocycles. The maximum absolute atomic E-state index is 13.1. The lowest BCUT2D eigenvalue weighted by atomic mass is 10.1. The van der Waals surface area contributed by atoms with E-state index >= 15 is 0 Å². The molecule has 0 atom stereocenters. The molecule has 0 fully saturated rings. The number of esters is 1. The average Bonchev–Trinajstić information content (AvgIpc) is 2.50. The Labute approximate surface area is 122 Å². The highest BCUT2D eigenvalue weighted by atomic mass is 32.2. The number of hydrogen-bond acceptors (Lipinski definition) is 6. The van der Waals surface area contributed by atoms with Crippen LogP contribution >= 0.6 is 12.0 Å². The first kappa shape index (κ1) is 15.6. The van der Waals surface area contributed by atoms with E-state index in [0.717, 1.165) is 10.8 Å². The monoisotopic (exact) mass is 315 g/mol. The lowest BCUT2D eigenvalue weighted by Crippen LogP contribution is -2.23. The fourth-order valence-corrected chi connectivity index (χ4v) is 1.87. The number of ether oxygens (including phenoxy) is 1. The molecule has 0 saturated carbocycles. The van der Waals surface area contributed by atoms with Crippen molar-refractivity contribution in [3.63, 3.8) is 0 Å². The number of carbonyl (C=O) groups is 1. The third kappa shape index (κ3) is 4.36. The van der Waals surface area contributed by atoms with Crippen LogP contribution in [0, 0.1) is 0 Å². The molecule has 8 heteroatoms. The molecule has 112 valence electrons. The summed E-state index contributed by atoms with van der Waals surface area (Å²) < 4.78 is 34.2. The van der Waals surface area contributed by atoms with Crippen LogP contribution in [-0.4, -0.2) is 17.8 Å². The molecule has 0 saturated heterocycles. The largest absolute Gasteiger partial charge is 0.691 e. The van der Waals surface area contributed by atoms with Crippen LogP contribution in [-0.2, 0) is 14.1 Å². The minimum absolute atomic E-state index is 0.149. The van der Waals surface area contributed by atoms with Crippen molar-refractivity contribution in [3.05, 3.63) is 48.0 Å². The summed E-state index contributed by atoms with van der Waals surface area (Å²) in [7, 11) is 0. The summed E-state index contributed by atoms with van der Waals surface area (Å²) in [5.74, 6) is -0.899. The zero-order valence-electron chi connectivity index (χ0n) is 10.5. The first-order chi connectivity index (χ1) is 10.0. The van der Waals surface area contributed by atoms with Gasteiger partial charge in [0.1, 0.15) is 12.0 Å². The highest BCUT2D eigenvalue weighted by Gasteiger charge is 2.34. The zero-order valence-corrected chi connectivity index (χ0v) is 11.3. The molecule has 0 radical (unpaired) electrons. The van der Waals surface area contributed by atoms with Crippen molar-refractivity contribution in [1.29, 1.82) is 0 Å². The molecule has 5 nitrogen and oxygen atoms in total. The van der Waals surface area contributed by atoms with Gasteiger partial charge in [0.15, 0.2) is 6.61 Å². The van der Waals surface area contributed by atoms with E-state index in [1.54, 1.807) is 24.3 Å². The molecule has 2 aromatic rings. The predicted octanol–water partition coefficient (Wildman–Crippen LogP) is 2.46. The summed E-state index contributed by atoms with van der Waals surface area (Å²) in [6.07, 6.45) is 0. The van der Waals surface area contributed by atoms with E-state index in [1.807, 2.05) is 12.1 Å². The number of alkyl halides is 2. The van der Waals surface area contributed by atoms with Crippen molar-refractivity contribution in [2.45, 2.75) is 5.25 Å². The van der Waals surface area contributed by atoms with Gasteiger partial charge in [-0.1, -0.05) is 30.3 Å². The van der Waals surface area contributed by atoms with Gasteiger partial charge in [0.2, 0.25) is 0 Å². The van der Waals surface area contributed by atoms with E-state index in [-0.39, 0.29) is 5.56 Å². The van der Waals surface area contributed by atoms with Crippen LogP contribution in [0.4, 0.5) is 8.78 Å². The second-order valence-corrected chi connectivity index (χ2v) is 4.89. The van der Waals surface area contributed by atoms with E-state index < -0.39 is 29.9 Å². The molecule has 0 heterocycles. The normalized spacial score (nSPS) is 11.6. The number of rotatable bonds is 6. The molecule has 0 aromatic heterocycles. The van der Waals surface area contributed by atoms with Gasteiger partial charge >= 0.3 is 11.2 Å². The Hall–Kier alpha value is -1.74. The first-order valence-electron chi connectivity index (χ1n) is 5.70. The highest BCUT2D eigenvalue weighted by Crippen LogP contribution is 2.30. The molecule has 0 unspecified atom stereocenters. The van der Waals surface area contributed by atoms with E-state index in [4.69, 9.17) is 0 Å². The topological polar surface area (TPSA) is 67.8 Å². The first-order valence-corrected chi connectivity index (χ1v) is 6.44. The summed E-state index contributed by atoms with van der Waals surface area (Å²) in [5.41, 5.74) is 0.149. The molecule has 0 aliphatic rings. The van der Waals surface area contributed by atoms with Crippen molar-refractivity contribution in [2.75, 3.05) is 6.61 Å². The van der Waals surface area contributed by atoms with Gasteiger partial charge in [-0.15, -0.1) is 0 Å². The Kier molecular flexibility index (Phi) is 5.07. The van der Waals surface area contributed by atoms with Gasteiger partial charge in [-0.05, 0) is 22.9 Å². The lowest BCUT2D eigenvalue weighted by Gasteiger charge is -2.15. The third-order valence-electron chi connectivity index (χ3n) is 2.54. The van der Waals surface area contributed by atoms with Crippen molar-refractivity contribution in [2.24, 2.45) is 0 Å². The molecular formula is C13H9F2O5S-. The highest BCUT2D eigenvalue weighted by molar-refractivity contribution is 7.95. The second-order valence-electron chi connectivity index (χ2n) is 3.99. The molecule has 0 amide bonds. The van der Waals surface area contributed by atoms with E-state index in [9.17, 15) is 18.8 Å². The maximum atomic E-state index is 13.1. The van der Waals surface area contributed by atoms with E-state index in [0.29, 0.717) is 0 Å². The molecule has 21 heavy (non-hydrogen) atoms. The van der Waals surface area contributed by atoms with Gasteiger partial charge in [0.05, 0.1) is 5.56 Å². The smallest absolute Gasteiger partial charge is 0.354 e. The molecule has 0 aliphatic heterocycles. The number of carbonyl (C=O) groups excluding carboxylic acids is 1. The number of hydrogen-bond donors (Lipinski definition) is 0. The quantitative estimate of drug-likeness (QED) is 0.353. The standard InChI is InChI=1S/C13H10F2O5S/c14-13(15,21-20-19-17)8-18-12(16)11-6-5-9-3-1-2-4-10(9)7-11/h1-7,17H,8H2/p-1. The Bertz CT molecular complexity index is 635. The molecule has 0 aliphatic carbocycles. The molecule has 0 spiro atoms. The van der Waals surface area contributed by atoms with Crippen molar-refractivity contribution in [3.8, 4) is 0 Å². The summed E-state index contributed by atoms with van der Waals surface area (Å²) in [6.45, 7) is -1.24. The van der Waals surface area contributed by atoms with Crippen LogP contribution in [0.5, 0.6) is 0 Å². The minimum Gasteiger partial charge on any atom is -0.691 e. The van der Waals surface area contributed by atoms with Gasteiger partial charge < -0.3 is 9.99 Å². The van der Waals surface area contributed by atoms with E-state index in [2.05, 4.69) is 14.1 Å². The van der Waals surface area contributed by atoms with E-state index in [1.165, 1.54) is 6.07 Å². The summed E-state index contributed by atoms with van der Waals surface area (Å²) in [6, 6.07) is 12.0. The fourth-order valence-electron chi connectivity index (χ4n) is 1.64. The Morgan fingerprint density at radius 3 is 2.62 bits per heavy atom. The van der Waals surface area contributed by atoms with Crippen molar-refractivity contribution < 1.29 is 32.9 Å². The third-order valence-corrected chi connectivity index (χ3v) is 3.03. The Balaban J connectivity index is 2.02. The van der Waals surface area contributed by atoms with Crippen LogP contribution in [0.15, 0.2) is 42.5 Å². The summed E-state index contributed by atoms with van der Waals surface area (Å²) in [5, 5.41) is 10.4. The van der Waals surface area contributed by atoms with Crippen molar-refractivity contribution >= 4 is 28.8 Å². The van der Waals surface area contributed by atoms with Gasteiger partial charge in [0.25, 0.3) is 0 Å². The van der Waals surface area contributed by atoms with Crippen LogP contribution in [0.3, 0.4) is 0 Å². The summed E-state index contributed by atoms with van der Waals surface area (Å²) >= 11 is -0.527. The predicted molar refractivity (Wildman–Crippen MR) is 68.9 cm³/mol. The van der Waals surface area contributed by atoms with Gasteiger partial charge in [-0.2, -0.15) is 13.1 Å². The fraction of sp³-hybridized carbons (Fsp3) is 0.154. The number of fused-ring (bicyclic) bond motifs is 1. The Morgan fingerprint density at radius 2 is 1.90 bits per heavy atom. The van der Waals surface area contributed by atoms with Gasteiger partial charge in [-0.25, -0.2) is 4.79 Å². The van der Waals surface area contributed by atoms with Crippen LogP contribution in [0.1, 0.15) is 10.4 Å². The average molecular weight is 315 g/mol. The van der Waals surface area contributed by atoms with Gasteiger partial charge in [0, 0.05) is 0 Å². The molecule has 0 N–H and O–H groups in total. The zero-order chi connectivity index (χ0) is 15.3. The van der Waals surface area contributed by atoms with Crippen LogP contribution in [0.2, 0.25) is 0 Å². The van der Waals surface area contributed by atoms with Crippen LogP contribution in [0.25, 0.3) is 10.8 Å². The number of benzene rings is 2. The molecule has 0 bridgehead atoms. The van der Waals surface area contributed by atoms with Crippen molar-refractivity contribution in [1.82, 2.24) is 0 Å². The van der Waals surface area contributed by atoms with Gasteiger partial charge in [-0.3, -0.25) is 5.04 Å². The molecular weight excluding hydrogens is 306 g/mol. The van der Waals surface area contributed by atoms with Crippen LogP contribution < -0.4 is 5.26 Å². The SMILES string of the molecule is O=C(OCC(F)(F)SOO[O-])c1ccc2ccccc2c1. The maximum Gasteiger partial charge on any atom is 0.354 e. The summed E-state index contributed by atoms with van der Waals surface area (Å²) in [4.78, 5) is 11.7. The minimum atomic E-state index is -3.59. The molecule has 2 rings (SSSR count). The lowest BCUT2D eigenvalue weighted by molar-refractivity contribution is -0.777. The second kappa shape index (κ2) is 6.81. The number of halogens is 2.